The van der Waals surface area contributed by atoms with E-state index in [9.17, 15) is 10.1 Å². The van der Waals surface area contributed by atoms with Gasteiger partial charge >= 0.3 is 5.69 Å². The Kier molecular flexibility index (Phi) is 3.71. The number of nitro benzene ring substituents is 1. The quantitative estimate of drug-likeness (QED) is 0.441. The summed E-state index contributed by atoms with van der Waals surface area (Å²) in [4.78, 5) is 10.1. The molecule has 0 saturated carbocycles. The van der Waals surface area contributed by atoms with Gasteiger partial charge in [-0.3, -0.25) is 10.1 Å². The predicted octanol–water partition coefficient (Wildman–Crippen LogP) is 2.52. The third-order valence-corrected chi connectivity index (χ3v) is 1.80. The summed E-state index contributed by atoms with van der Waals surface area (Å²) >= 11 is 5.43. The molecule has 1 aromatic rings. The molecule has 0 bridgehead atoms. The Bertz CT molecular complexity index is 341. The average molecular weight is 216 g/mol. The number of nitro groups is 1. The molecule has 0 aliphatic rings. The zero-order valence-corrected chi connectivity index (χ0v) is 8.45. The maximum absolute atomic E-state index is 10.6. The van der Waals surface area contributed by atoms with Crippen molar-refractivity contribution >= 4 is 17.3 Å². The van der Waals surface area contributed by atoms with E-state index in [1.165, 1.54) is 6.07 Å². The van der Waals surface area contributed by atoms with Crippen LogP contribution in [-0.4, -0.2) is 17.4 Å². The lowest BCUT2D eigenvalue weighted by Crippen LogP contribution is -2.01. The smallest absolute Gasteiger partial charge is 0.310 e. The van der Waals surface area contributed by atoms with E-state index >= 15 is 0 Å². The summed E-state index contributed by atoms with van der Waals surface area (Å²) in [5.41, 5.74) is 0.890. The molecule has 0 aromatic heterocycles. The van der Waals surface area contributed by atoms with Crippen LogP contribution < -0.4 is 4.74 Å². The first-order valence-corrected chi connectivity index (χ1v) is 4.62. The molecule has 0 spiro atoms. The lowest BCUT2D eigenvalue weighted by molar-refractivity contribution is -0.385. The average Bonchev–Trinajstić information content (AvgIpc) is 2.14. The van der Waals surface area contributed by atoms with Gasteiger partial charge in [0.1, 0.15) is 6.61 Å². The van der Waals surface area contributed by atoms with Crippen molar-refractivity contribution in [1.82, 2.24) is 0 Å². The molecule has 1 aromatic carbocycles. The molecule has 0 amide bonds. The molecule has 0 fully saturated rings. The van der Waals surface area contributed by atoms with E-state index in [0.717, 1.165) is 5.56 Å². The summed E-state index contributed by atoms with van der Waals surface area (Å²) < 4.78 is 5.15. The second kappa shape index (κ2) is 4.81. The molecule has 0 atom stereocenters. The van der Waals surface area contributed by atoms with Crippen LogP contribution in [0.4, 0.5) is 5.69 Å². The van der Waals surface area contributed by atoms with Crippen molar-refractivity contribution in [3.05, 3.63) is 33.9 Å². The van der Waals surface area contributed by atoms with Gasteiger partial charge in [-0.25, -0.2) is 0 Å². The number of aryl methyl sites for hydroxylation is 1. The largest absolute Gasteiger partial charge is 0.486 e. The Morgan fingerprint density at radius 1 is 1.57 bits per heavy atom. The van der Waals surface area contributed by atoms with Gasteiger partial charge < -0.3 is 4.74 Å². The van der Waals surface area contributed by atoms with Gasteiger partial charge in [0.05, 0.1) is 10.8 Å². The zero-order valence-electron chi connectivity index (χ0n) is 7.70. The highest BCUT2D eigenvalue weighted by atomic mass is 35.5. The molecule has 0 N–H and O–H groups in total. The van der Waals surface area contributed by atoms with E-state index in [1.807, 2.05) is 6.92 Å². The van der Waals surface area contributed by atoms with E-state index in [0.29, 0.717) is 5.88 Å². The van der Waals surface area contributed by atoms with Crippen LogP contribution in [-0.2, 0) is 0 Å². The Morgan fingerprint density at radius 3 is 2.86 bits per heavy atom. The molecule has 0 radical (unpaired) electrons. The number of nitrogens with zero attached hydrogens (tertiary/aromatic N) is 1. The van der Waals surface area contributed by atoms with Crippen LogP contribution >= 0.6 is 11.6 Å². The molecule has 4 nitrogen and oxygen atoms in total. The van der Waals surface area contributed by atoms with E-state index < -0.39 is 4.92 Å². The van der Waals surface area contributed by atoms with Crippen LogP contribution in [0.25, 0.3) is 0 Å². The maximum atomic E-state index is 10.6. The molecular weight excluding hydrogens is 206 g/mol. The molecule has 0 unspecified atom stereocenters. The number of halogens is 1. The number of rotatable bonds is 4. The molecule has 0 aliphatic carbocycles. The topological polar surface area (TPSA) is 52.4 Å². The first kappa shape index (κ1) is 10.8. The molecule has 1 rings (SSSR count). The first-order valence-electron chi connectivity index (χ1n) is 4.09. The van der Waals surface area contributed by atoms with E-state index in [-0.39, 0.29) is 18.0 Å². The highest BCUT2D eigenvalue weighted by Gasteiger charge is 2.14. The van der Waals surface area contributed by atoms with Crippen LogP contribution in [0.1, 0.15) is 5.56 Å². The lowest BCUT2D eigenvalue weighted by atomic mass is 10.2. The van der Waals surface area contributed by atoms with Crippen LogP contribution in [0, 0.1) is 17.0 Å². The Hall–Kier alpha value is -1.29. The van der Waals surface area contributed by atoms with E-state index in [2.05, 4.69) is 0 Å². The highest BCUT2D eigenvalue weighted by Crippen LogP contribution is 2.27. The van der Waals surface area contributed by atoms with Crippen molar-refractivity contribution in [3.8, 4) is 5.75 Å². The third kappa shape index (κ3) is 2.60. The summed E-state index contributed by atoms with van der Waals surface area (Å²) in [7, 11) is 0. The number of hydrogen-bond acceptors (Lipinski definition) is 3. The number of ether oxygens (including phenoxy) is 1. The van der Waals surface area contributed by atoms with Gasteiger partial charge in [-0.15, -0.1) is 11.6 Å². The van der Waals surface area contributed by atoms with Gasteiger partial charge in [0.15, 0.2) is 5.75 Å². The van der Waals surface area contributed by atoms with E-state index in [1.54, 1.807) is 12.1 Å². The lowest BCUT2D eigenvalue weighted by Gasteiger charge is -2.05. The van der Waals surface area contributed by atoms with Gasteiger partial charge in [-0.05, 0) is 18.6 Å². The van der Waals surface area contributed by atoms with Gasteiger partial charge in [-0.1, -0.05) is 6.07 Å². The summed E-state index contributed by atoms with van der Waals surface area (Å²) in [6.07, 6.45) is 0. The van der Waals surface area contributed by atoms with Crippen molar-refractivity contribution in [2.75, 3.05) is 12.5 Å². The summed E-state index contributed by atoms with van der Waals surface area (Å²) in [6, 6.07) is 4.73. The van der Waals surface area contributed by atoms with E-state index in [4.69, 9.17) is 16.3 Å². The van der Waals surface area contributed by atoms with Crippen molar-refractivity contribution in [3.63, 3.8) is 0 Å². The van der Waals surface area contributed by atoms with Crippen LogP contribution in [0.3, 0.4) is 0 Å². The fourth-order valence-electron chi connectivity index (χ4n) is 1.04. The Balaban J connectivity index is 2.97. The minimum atomic E-state index is -0.469. The fourth-order valence-corrected chi connectivity index (χ4v) is 1.11. The number of alkyl halides is 1. The second-order valence-corrected chi connectivity index (χ2v) is 3.14. The van der Waals surface area contributed by atoms with Crippen molar-refractivity contribution in [2.45, 2.75) is 6.92 Å². The molecule has 0 saturated heterocycles. The Labute approximate surface area is 86.6 Å². The summed E-state index contributed by atoms with van der Waals surface area (Å²) in [5.74, 6) is 0.584. The van der Waals surface area contributed by atoms with Gasteiger partial charge in [0, 0.05) is 6.07 Å². The monoisotopic (exact) mass is 215 g/mol. The van der Waals surface area contributed by atoms with Gasteiger partial charge in [0.25, 0.3) is 0 Å². The number of hydrogen-bond donors (Lipinski definition) is 0. The first-order chi connectivity index (χ1) is 6.65. The number of benzene rings is 1. The van der Waals surface area contributed by atoms with Crippen molar-refractivity contribution in [2.24, 2.45) is 0 Å². The zero-order chi connectivity index (χ0) is 10.6. The van der Waals surface area contributed by atoms with Crippen LogP contribution in [0.2, 0.25) is 0 Å². The summed E-state index contributed by atoms with van der Waals surface area (Å²) in [5, 5.41) is 10.6. The third-order valence-electron chi connectivity index (χ3n) is 1.65. The minimum Gasteiger partial charge on any atom is -0.486 e. The van der Waals surface area contributed by atoms with Crippen molar-refractivity contribution in [1.29, 1.82) is 0 Å². The predicted molar refractivity (Wildman–Crippen MR) is 54.0 cm³/mol. The van der Waals surface area contributed by atoms with Crippen molar-refractivity contribution < 1.29 is 9.66 Å². The Morgan fingerprint density at radius 2 is 2.29 bits per heavy atom. The summed E-state index contributed by atoms with van der Waals surface area (Å²) in [6.45, 7) is 2.11. The standard InChI is InChI=1S/C9H10ClNO3/c1-7-2-3-8(11(12)13)9(6-7)14-5-4-10/h2-3,6H,4-5H2,1H3. The SMILES string of the molecule is Cc1ccc([N+](=O)[O-])c(OCCCl)c1. The molecular formula is C9H10ClNO3. The molecule has 0 aliphatic heterocycles. The fraction of sp³-hybridized carbons (Fsp3) is 0.333. The van der Waals surface area contributed by atoms with Gasteiger partial charge in [-0.2, -0.15) is 0 Å². The van der Waals surface area contributed by atoms with Gasteiger partial charge in [0.2, 0.25) is 0 Å². The molecule has 0 heterocycles. The highest BCUT2D eigenvalue weighted by molar-refractivity contribution is 6.18. The molecule has 5 heteroatoms. The second-order valence-electron chi connectivity index (χ2n) is 2.77. The minimum absolute atomic E-state index is 0.0271. The maximum Gasteiger partial charge on any atom is 0.310 e. The normalized spacial score (nSPS) is 9.86. The van der Waals surface area contributed by atoms with Crippen LogP contribution in [0.5, 0.6) is 5.75 Å². The van der Waals surface area contributed by atoms with Crippen LogP contribution in [0.15, 0.2) is 18.2 Å². The molecule has 76 valence electrons. The molecule has 14 heavy (non-hydrogen) atoms.